The molecule has 0 atom stereocenters. The zero-order valence-electron chi connectivity index (χ0n) is 8.98. The van der Waals surface area contributed by atoms with E-state index < -0.39 is 0 Å². The second kappa shape index (κ2) is 4.94. The second-order valence-electron chi connectivity index (χ2n) is 3.83. The van der Waals surface area contributed by atoms with E-state index in [1.54, 1.807) is 12.1 Å². The number of anilines is 1. The molecule has 1 amide bonds. The number of rotatable bonds is 2. The molecule has 3 N–H and O–H groups in total. The zero-order valence-corrected chi connectivity index (χ0v) is 8.98. The summed E-state index contributed by atoms with van der Waals surface area (Å²) < 4.78 is 5.22. The van der Waals surface area contributed by atoms with Crippen LogP contribution in [0.4, 0.5) is 5.82 Å². The normalized spacial score (nSPS) is 17.0. The van der Waals surface area contributed by atoms with Crippen molar-refractivity contribution in [1.82, 2.24) is 10.3 Å². The summed E-state index contributed by atoms with van der Waals surface area (Å²) in [5, 5.41) is 2.95. The van der Waals surface area contributed by atoms with E-state index in [2.05, 4.69) is 10.3 Å². The molecule has 1 aliphatic rings. The Kier molecular flexibility index (Phi) is 3.36. The zero-order chi connectivity index (χ0) is 11.4. The maximum Gasteiger partial charge on any atom is 0.253 e. The summed E-state index contributed by atoms with van der Waals surface area (Å²) in [6, 6.07) is 3.51. The maximum absolute atomic E-state index is 11.8. The lowest BCUT2D eigenvalue weighted by Gasteiger charge is -2.23. The number of hydrogen-bond acceptors (Lipinski definition) is 4. The van der Waals surface area contributed by atoms with Crippen LogP contribution in [0.25, 0.3) is 0 Å². The van der Waals surface area contributed by atoms with Gasteiger partial charge in [-0.1, -0.05) is 0 Å². The van der Waals surface area contributed by atoms with Crippen LogP contribution < -0.4 is 11.1 Å². The standard InChI is InChI=1S/C11H15N3O2/c12-10-2-1-8(7-13-10)11(15)14-9-3-5-16-6-4-9/h1-2,7,9H,3-6H2,(H2,12,13)(H,14,15). The molecule has 0 saturated carbocycles. The van der Waals surface area contributed by atoms with Crippen LogP contribution in [0.1, 0.15) is 23.2 Å². The molecule has 5 heteroatoms. The Hall–Kier alpha value is -1.62. The van der Waals surface area contributed by atoms with Crippen molar-refractivity contribution in [2.24, 2.45) is 0 Å². The van der Waals surface area contributed by atoms with Gasteiger partial charge in [0.15, 0.2) is 0 Å². The Morgan fingerprint density at radius 3 is 2.81 bits per heavy atom. The molecule has 1 saturated heterocycles. The van der Waals surface area contributed by atoms with Crippen LogP contribution in [-0.4, -0.2) is 30.1 Å². The van der Waals surface area contributed by atoms with Gasteiger partial charge in [0.2, 0.25) is 0 Å². The monoisotopic (exact) mass is 221 g/mol. The molecule has 16 heavy (non-hydrogen) atoms. The summed E-state index contributed by atoms with van der Waals surface area (Å²) in [6.07, 6.45) is 3.23. The fraction of sp³-hybridized carbons (Fsp3) is 0.455. The lowest BCUT2D eigenvalue weighted by molar-refractivity contribution is 0.0696. The molecule has 0 spiro atoms. The van der Waals surface area contributed by atoms with Gasteiger partial charge in [-0.25, -0.2) is 4.98 Å². The van der Waals surface area contributed by atoms with E-state index in [4.69, 9.17) is 10.5 Å². The number of carbonyl (C=O) groups excluding carboxylic acids is 1. The highest BCUT2D eigenvalue weighted by atomic mass is 16.5. The molecule has 0 radical (unpaired) electrons. The number of pyridine rings is 1. The van der Waals surface area contributed by atoms with Crippen LogP contribution >= 0.6 is 0 Å². The summed E-state index contributed by atoms with van der Waals surface area (Å²) in [6.45, 7) is 1.43. The smallest absolute Gasteiger partial charge is 0.253 e. The van der Waals surface area contributed by atoms with Crippen molar-refractivity contribution >= 4 is 11.7 Å². The van der Waals surface area contributed by atoms with Crippen molar-refractivity contribution in [1.29, 1.82) is 0 Å². The Balaban J connectivity index is 1.94. The molecule has 0 aliphatic carbocycles. The average Bonchev–Trinajstić information content (AvgIpc) is 2.31. The van der Waals surface area contributed by atoms with Gasteiger partial charge in [0.1, 0.15) is 5.82 Å². The summed E-state index contributed by atoms with van der Waals surface area (Å²) in [7, 11) is 0. The molecular weight excluding hydrogens is 206 g/mol. The van der Waals surface area contributed by atoms with Gasteiger partial charge in [-0.05, 0) is 25.0 Å². The Labute approximate surface area is 94.0 Å². The first-order chi connectivity index (χ1) is 7.75. The lowest BCUT2D eigenvalue weighted by Crippen LogP contribution is -2.38. The number of aromatic nitrogens is 1. The summed E-state index contributed by atoms with van der Waals surface area (Å²) in [4.78, 5) is 15.7. The van der Waals surface area contributed by atoms with Gasteiger partial charge in [-0.15, -0.1) is 0 Å². The first kappa shape index (κ1) is 10.9. The van der Waals surface area contributed by atoms with Crippen LogP contribution in [0.2, 0.25) is 0 Å². The molecular formula is C11H15N3O2. The van der Waals surface area contributed by atoms with Crippen molar-refractivity contribution in [2.45, 2.75) is 18.9 Å². The van der Waals surface area contributed by atoms with Gasteiger partial charge in [0.25, 0.3) is 5.91 Å². The Morgan fingerprint density at radius 1 is 1.44 bits per heavy atom. The quantitative estimate of drug-likeness (QED) is 0.765. The molecule has 0 bridgehead atoms. The summed E-state index contributed by atoms with van der Waals surface area (Å²) in [5.41, 5.74) is 5.99. The fourth-order valence-corrected chi connectivity index (χ4v) is 1.65. The van der Waals surface area contributed by atoms with Crippen LogP contribution in [0.15, 0.2) is 18.3 Å². The molecule has 1 fully saturated rings. The van der Waals surface area contributed by atoms with E-state index in [-0.39, 0.29) is 11.9 Å². The van der Waals surface area contributed by atoms with Crippen molar-refractivity contribution in [2.75, 3.05) is 18.9 Å². The van der Waals surface area contributed by atoms with E-state index in [1.165, 1.54) is 6.20 Å². The van der Waals surface area contributed by atoms with Gasteiger partial charge < -0.3 is 15.8 Å². The predicted molar refractivity (Wildman–Crippen MR) is 60.0 cm³/mol. The molecule has 1 aromatic heterocycles. The lowest BCUT2D eigenvalue weighted by atomic mass is 10.1. The van der Waals surface area contributed by atoms with E-state index in [0.717, 1.165) is 12.8 Å². The van der Waals surface area contributed by atoms with E-state index in [9.17, 15) is 4.79 Å². The van der Waals surface area contributed by atoms with Crippen molar-refractivity contribution < 1.29 is 9.53 Å². The van der Waals surface area contributed by atoms with Gasteiger partial charge in [-0.3, -0.25) is 4.79 Å². The minimum atomic E-state index is -0.0978. The number of ether oxygens (including phenoxy) is 1. The summed E-state index contributed by atoms with van der Waals surface area (Å²) >= 11 is 0. The highest BCUT2D eigenvalue weighted by molar-refractivity contribution is 5.94. The van der Waals surface area contributed by atoms with Crippen LogP contribution in [0.3, 0.4) is 0 Å². The highest BCUT2D eigenvalue weighted by Gasteiger charge is 2.16. The second-order valence-corrected chi connectivity index (χ2v) is 3.83. The topological polar surface area (TPSA) is 77.2 Å². The number of amides is 1. The third-order valence-electron chi connectivity index (χ3n) is 2.61. The SMILES string of the molecule is Nc1ccc(C(=O)NC2CCOCC2)cn1. The van der Waals surface area contributed by atoms with E-state index in [0.29, 0.717) is 24.6 Å². The van der Waals surface area contributed by atoms with Crippen molar-refractivity contribution in [3.05, 3.63) is 23.9 Å². The van der Waals surface area contributed by atoms with E-state index >= 15 is 0 Å². The predicted octanol–water partition coefficient (Wildman–Crippen LogP) is 0.573. The minimum Gasteiger partial charge on any atom is -0.384 e. The summed E-state index contributed by atoms with van der Waals surface area (Å²) in [5.74, 6) is 0.321. The van der Waals surface area contributed by atoms with Gasteiger partial charge >= 0.3 is 0 Å². The fourth-order valence-electron chi connectivity index (χ4n) is 1.65. The molecule has 1 aliphatic heterocycles. The van der Waals surface area contributed by atoms with Crippen LogP contribution in [-0.2, 0) is 4.74 Å². The third-order valence-corrected chi connectivity index (χ3v) is 2.61. The Bertz CT molecular complexity index is 358. The molecule has 0 unspecified atom stereocenters. The van der Waals surface area contributed by atoms with E-state index in [1.807, 2.05) is 0 Å². The van der Waals surface area contributed by atoms with Crippen molar-refractivity contribution in [3.63, 3.8) is 0 Å². The van der Waals surface area contributed by atoms with Gasteiger partial charge in [0.05, 0.1) is 5.56 Å². The molecule has 1 aromatic rings. The maximum atomic E-state index is 11.8. The Morgan fingerprint density at radius 2 is 2.19 bits per heavy atom. The van der Waals surface area contributed by atoms with Crippen LogP contribution in [0, 0.1) is 0 Å². The first-order valence-electron chi connectivity index (χ1n) is 5.36. The molecule has 86 valence electrons. The number of carbonyl (C=O) groups is 1. The molecule has 0 aromatic carbocycles. The highest BCUT2D eigenvalue weighted by Crippen LogP contribution is 2.08. The number of nitrogens with zero attached hydrogens (tertiary/aromatic N) is 1. The first-order valence-corrected chi connectivity index (χ1v) is 5.36. The number of nitrogen functional groups attached to an aromatic ring is 1. The number of nitrogens with one attached hydrogen (secondary N) is 1. The molecule has 2 heterocycles. The number of nitrogens with two attached hydrogens (primary N) is 1. The minimum absolute atomic E-state index is 0.0978. The molecule has 2 rings (SSSR count). The van der Waals surface area contributed by atoms with Crippen LogP contribution in [0.5, 0.6) is 0 Å². The third kappa shape index (κ3) is 2.70. The molecule has 5 nitrogen and oxygen atoms in total. The average molecular weight is 221 g/mol. The van der Waals surface area contributed by atoms with Gasteiger partial charge in [-0.2, -0.15) is 0 Å². The largest absolute Gasteiger partial charge is 0.384 e. The number of hydrogen-bond donors (Lipinski definition) is 2. The van der Waals surface area contributed by atoms with Gasteiger partial charge in [0, 0.05) is 25.5 Å². The van der Waals surface area contributed by atoms with Crippen molar-refractivity contribution in [3.8, 4) is 0 Å².